The van der Waals surface area contributed by atoms with Gasteiger partial charge in [-0.1, -0.05) is 13.3 Å². The molecule has 21 heavy (non-hydrogen) atoms. The highest BCUT2D eigenvalue weighted by molar-refractivity contribution is 7.99. The Hall–Kier alpha value is -1.12. The van der Waals surface area contributed by atoms with Gasteiger partial charge in [-0.25, -0.2) is 8.78 Å². The number of hydrogen-bond donors (Lipinski definition) is 1. The number of nitrogens with zero attached hydrogens (tertiary/aromatic N) is 1. The van der Waals surface area contributed by atoms with Crippen molar-refractivity contribution in [2.45, 2.75) is 43.0 Å². The molecule has 0 bridgehead atoms. The first kappa shape index (κ1) is 16.3. The van der Waals surface area contributed by atoms with Gasteiger partial charge >= 0.3 is 0 Å². The number of thioether (sulfide) groups is 1. The van der Waals surface area contributed by atoms with E-state index in [4.69, 9.17) is 0 Å². The van der Waals surface area contributed by atoms with Gasteiger partial charge < -0.3 is 0 Å². The summed E-state index contributed by atoms with van der Waals surface area (Å²) in [6, 6.07) is 5.96. The summed E-state index contributed by atoms with van der Waals surface area (Å²) in [4.78, 5) is 0.346. The first-order valence-corrected chi connectivity index (χ1v) is 8.34. The minimum Gasteiger partial charge on any atom is -0.299 e. The molecule has 114 valence electrons. The van der Waals surface area contributed by atoms with Gasteiger partial charge in [0.05, 0.1) is 6.07 Å². The predicted molar refractivity (Wildman–Crippen MR) is 81.1 cm³/mol. The Labute approximate surface area is 128 Å². The Morgan fingerprint density at radius 2 is 2.29 bits per heavy atom. The van der Waals surface area contributed by atoms with Crippen molar-refractivity contribution < 1.29 is 8.78 Å². The molecule has 0 amide bonds. The highest BCUT2D eigenvalue weighted by atomic mass is 32.2. The van der Waals surface area contributed by atoms with Gasteiger partial charge in [-0.3, -0.25) is 5.32 Å². The van der Waals surface area contributed by atoms with Gasteiger partial charge in [0, 0.05) is 4.90 Å². The molecule has 1 aliphatic rings. The molecule has 2 rings (SSSR count). The molecule has 1 aromatic carbocycles. The third kappa shape index (κ3) is 3.75. The van der Waals surface area contributed by atoms with Crippen LogP contribution in [0.5, 0.6) is 0 Å². The van der Waals surface area contributed by atoms with Crippen molar-refractivity contribution in [2.75, 3.05) is 12.3 Å². The molecule has 0 heterocycles. The summed E-state index contributed by atoms with van der Waals surface area (Å²) in [6.45, 7) is 2.78. The van der Waals surface area contributed by atoms with Gasteiger partial charge in [0.1, 0.15) is 17.2 Å². The fraction of sp³-hybridized carbons (Fsp3) is 0.562. The van der Waals surface area contributed by atoms with E-state index in [1.807, 2.05) is 6.92 Å². The molecule has 2 atom stereocenters. The molecular weight excluding hydrogens is 290 g/mol. The third-order valence-electron chi connectivity index (χ3n) is 4.13. The van der Waals surface area contributed by atoms with Crippen molar-refractivity contribution >= 4 is 11.8 Å². The molecule has 1 aromatic rings. The minimum atomic E-state index is -0.435. The van der Waals surface area contributed by atoms with Crippen LogP contribution in [0, 0.1) is 28.9 Å². The Bertz CT molecular complexity index is 529. The first-order valence-electron chi connectivity index (χ1n) is 7.35. The second kappa shape index (κ2) is 7.24. The van der Waals surface area contributed by atoms with Crippen molar-refractivity contribution in [3.8, 4) is 6.07 Å². The molecule has 1 aliphatic carbocycles. The first-order chi connectivity index (χ1) is 10.1. The summed E-state index contributed by atoms with van der Waals surface area (Å²) in [5, 5.41) is 12.8. The lowest BCUT2D eigenvalue weighted by Gasteiger charge is -2.29. The average molecular weight is 310 g/mol. The Balaban J connectivity index is 1.93. The van der Waals surface area contributed by atoms with E-state index in [9.17, 15) is 14.0 Å². The highest BCUT2D eigenvalue weighted by Crippen LogP contribution is 2.39. The maximum atomic E-state index is 13.6. The van der Waals surface area contributed by atoms with Crippen molar-refractivity contribution in [3.05, 3.63) is 29.8 Å². The van der Waals surface area contributed by atoms with E-state index in [0.29, 0.717) is 10.6 Å². The van der Waals surface area contributed by atoms with E-state index in [1.165, 1.54) is 17.8 Å². The van der Waals surface area contributed by atoms with Crippen molar-refractivity contribution in [1.82, 2.24) is 5.32 Å². The highest BCUT2D eigenvalue weighted by Gasteiger charge is 2.42. The number of benzene rings is 1. The van der Waals surface area contributed by atoms with E-state index >= 15 is 0 Å². The second-order valence-corrected chi connectivity index (χ2v) is 6.55. The minimum absolute atomic E-state index is 0.284. The molecule has 0 aliphatic heterocycles. The van der Waals surface area contributed by atoms with Crippen LogP contribution in [-0.2, 0) is 0 Å². The van der Waals surface area contributed by atoms with Crippen molar-refractivity contribution in [2.24, 2.45) is 5.92 Å². The van der Waals surface area contributed by atoms with Crippen LogP contribution in [0.25, 0.3) is 0 Å². The molecule has 0 spiro atoms. The maximum Gasteiger partial charge on any atom is 0.136 e. The molecule has 1 N–H and O–H groups in total. The van der Waals surface area contributed by atoms with Crippen LogP contribution < -0.4 is 5.32 Å². The zero-order valence-corrected chi connectivity index (χ0v) is 13.0. The molecule has 5 heteroatoms. The normalized spacial score (nSPS) is 25.0. The quantitative estimate of drug-likeness (QED) is 0.803. The topological polar surface area (TPSA) is 35.8 Å². The number of halogens is 2. The van der Waals surface area contributed by atoms with E-state index in [2.05, 4.69) is 11.4 Å². The van der Waals surface area contributed by atoms with Crippen molar-refractivity contribution in [3.63, 3.8) is 0 Å². The van der Waals surface area contributed by atoms with Crippen LogP contribution >= 0.6 is 11.8 Å². The van der Waals surface area contributed by atoms with E-state index in [0.717, 1.165) is 44.4 Å². The van der Waals surface area contributed by atoms with Gasteiger partial charge in [0.15, 0.2) is 0 Å². The van der Waals surface area contributed by atoms with Crippen LogP contribution in [0.15, 0.2) is 23.1 Å². The van der Waals surface area contributed by atoms with Gasteiger partial charge in [-0.15, -0.1) is 11.8 Å². The summed E-state index contributed by atoms with van der Waals surface area (Å²) in [5.41, 5.74) is -0.435. The van der Waals surface area contributed by atoms with Crippen LogP contribution in [0.1, 0.15) is 32.6 Å². The van der Waals surface area contributed by atoms with E-state index in [1.54, 1.807) is 0 Å². The number of nitrogens with one attached hydrogen (secondary N) is 1. The van der Waals surface area contributed by atoms with Crippen molar-refractivity contribution in [1.29, 1.82) is 5.26 Å². The monoisotopic (exact) mass is 310 g/mol. The lowest BCUT2D eigenvalue weighted by atomic mass is 9.86. The molecule has 1 saturated carbocycles. The molecule has 0 saturated heterocycles. The number of rotatable bonds is 6. The lowest BCUT2D eigenvalue weighted by molar-refractivity contribution is 0.317. The van der Waals surface area contributed by atoms with Gasteiger partial charge in [-0.2, -0.15) is 5.26 Å². The third-order valence-corrected chi connectivity index (χ3v) is 5.19. The lowest BCUT2D eigenvalue weighted by Crippen LogP contribution is -2.47. The number of nitriles is 1. The second-order valence-electron chi connectivity index (χ2n) is 5.41. The van der Waals surface area contributed by atoms with Crippen LogP contribution in [-0.4, -0.2) is 17.8 Å². The molecule has 0 aromatic heterocycles. The Morgan fingerprint density at radius 3 is 3.00 bits per heavy atom. The summed E-state index contributed by atoms with van der Waals surface area (Å²) in [6.07, 6.45) is 3.78. The Kier molecular flexibility index (Phi) is 5.60. The summed E-state index contributed by atoms with van der Waals surface area (Å²) in [7, 11) is 0. The molecule has 2 unspecified atom stereocenters. The van der Waals surface area contributed by atoms with Gasteiger partial charge in [0.2, 0.25) is 0 Å². The van der Waals surface area contributed by atoms with Gasteiger partial charge in [-0.05, 0) is 55.7 Å². The summed E-state index contributed by atoms with van der Waals surface area (Å²) >= 11 is 1.33. The summed E-state index contributed by atoms with van der Waals surface area (Å²) in [5.74, 6) is 0.177. The zero-order valence-electron chi connectivity index (χ0n) is 12.2. The molecule has 2 nitrogen and oxygen atoms in total. The van der Waals surface area contributed by atoms with Crippen LogP contribution in [0.2, 0.25) is 0 Å². The standard InChI is InChI=1S/C16H20F2N2S/c1-2-20-16(11-19)8-3-4-12(16)7-9-21-15-10-13(17)5-6-14(15)18/h5-6,10,12,20H,2-4,7-9H2,1H3. The fourth-order valence-corrected chi connectivity index (χ4v) is 4.13. The predicted octanol–water partition coefficient (Wildman–Crippen LogP) is 4.12. The fourth-order valence-electron chi connectivity index (χ4n) is 3.10. The maximum absolute atomic E-state index is 13.6. The van der Waals surface area contributed by atoms with Crippen LogP contribution in [0.3, 0.4) is 0 Å². The SMILES string of the molecule is CCNC1(C#N)CCCC1CCSc1cc(F)ccc1F. The molecule has 0 radical (unpaired) electrons. The zero-order chi connectivity index (χ0) is 15.3. The Morgan fingerprint density at radius 1 is 1.48 bits per heavy atom. The summed E-state index contributed by atoms with van der Waals surface area (Å²) < 4.78 is 26.7. The van der Waals surface area contributed by atoms with E-state index in [-0.39, 0.29) is 11.7 Å². The number of hydrogen-bond acceptors (Lipinski definition) is 3. The van der Waals surface area contributed by atoms with Crippen LogP contribution in [0.4, 0.5) is 8.78 Å². The smallest absolute Gasteiger partial charge is 0.136 e. The van der Waals surface area contributed by atoms with Gasteiger partial charge in [0.25, 0.3) is 0 Å². The molecule has 1 fully saturated rings. The average Bonchev–Trinajstić information content (AvgIpc) is 2.86. The van der Waals surface area contributed by atoms with E-state index < -0.39 is 11.4 Å². The largest absolute Gasteiger partial charge is 0.299 e. The molecular formula is C16H20F2N2S.